The molecule has 2 heterocycles. The summed E-state index contributed by atoms with van der Waals surface area (Å²) in [5.74, 6) is 0.797. The van der Waals surface area contributed by atoms with Gasteiger partial charge in [0.1, 0.15) is 11.9 Å². The molecule has 0 aliphatic carbocycles. The van der Waals surface area contributed by atoms with Crippen molar-refractivity contribution in [3.8, 4) is 0 Å². The van der Waals surface area contributed by atoms with Gasteiger partial charge in [0, 0.05) is 31.5 Å². The zero-order chi connectivity index (χ0) is 24.2. The number of aryl methyl sites for hydroxylation is 1. The van der Waals surface area contributed by atoms with Crippen molar-refractivity contribution in [2.45, 2.75) is 24.8 Å². The Hall–Kier alpha value is -2.79. The minimum atomic E-state index is -1.39. The van der Waals surface area contributed by atoms with Crippen LogP contribution in [0, 0.1) is 12.7 Å². The van der Waals surface area contributed by atoms with E-state index in [1.54, 1.807) is 12.1 Å². The summed E-state index contributed by atoms with van der Waals surface area (Å²) in [6.45, 7) is 5.05. The van der Waals surface area contributed by atoms with Crippen LogP contribution >= 0.6 is 0 Å². The lowest BCUT2D eigenvalue weighted by Crippen LogP contribution is -2.38. The highest BCUT2D eigenvalue weighted by molar-refractivity contribution is 7.97. The molecule has 11 heteroatoms. The van der Waals surface area contributed by atoms with E-state index in [2.05, 4.69) is 9.08 Å². The Kier molecular flexibility index (Phi) is 7.62. The average Bonchev–Trinajstić information content (AvgIpc) is 3.19. The molecular weight excluding hydrogens is 479 g/mol. The van der Waals surface area contributed by atoms with E-state index >= 15 is 0 Å². The molecule has 0 bridgehead atoms. The van der Waals surface area contributed by atoms with Crippen molar-refractivity contribution in [2.24, 2.45) is 3.77 Å². The number of carbonyl (C=O) groups excluding carboxylic acids is 2. The zero-order valence-corrected chi connectivity index (χ0v) is 20.7. The summed E-state index contributed by atoms with van der Waals surface area (Å²) < 4.78 is 37.3. The topological polar surface area (TPSA) is 91.3 Å². The molecule has 0 spiro atoms. The van der Waals surface area contributed by atoms with E-state index in [4.69, 9.17) is 4.74 Å². The molecule has 1 N–H and O–H groups in total. The number of rotatable bonds is 6. The quantitative estimate of drug-likeness (QED) is 0.651. The Morgan fingerprint density at radius 2 is 1.94 bits per heavy atom. The molecule has 2 aliphatic heterocycles. The van der Waals surface area contributed by atoms with E-state index in [-0.39, 0.29) is 29.7 Å². The maximum absolute atomic E-state index is 15.0. The van der Waals surface area contributed by atoms with Crippen molar-refractivity contribution >= 4 is 45.1 Å². The van der Waals surface area contributed by atoms with Gasteiger partial charge in [-0.15, -0.1) is 0 Å². The number of anilines is 2. The van der Waals surface area contributed by atoms with E-state index < -0.39 is 29.0 Å². The van der Waals surface area contributed by atoms with Gasteiger partial charge in [0.2, 0.25) is 5.91 Å². The van der Waals surface area contributed by atoms with Crippen molar-refractivity contribution in [1.29, 1.82) is 0 Å². The van der Waals surface area contributed by atoms with Crippen molar-refractivity contribution in [3.05, 3.63) is 53.8 Å². The Balaban J connectivity index is 1.37. The zero-order valence-electron chi connectivity index (χ0n) is 19.0. The third kappa shape index (κ3) is 5.82. The maximum Gasteiger partial charge on any atom is 0.414 e. The molecule has 0 aromatic heterocycles. The first kappa shape index (κ1) is 24.3. The summed E-state index contributed by atoms with van der Waals surface area (Å²) >= 11 is 0. The molecule has 4 rings (SSSR count). The first-order valence-corrected chi connectivity index (χ1v) is 13.6. The van der Waals surface area contributed by atoms with Crippen molar-refractivity contribution in [1.82, 2.24) is 5.32 Å². The second-order valence-electron chi connectivity index (χ2n) is 8.18. The van der Waals surface area contributed by atoms with Gasteiger partial charge >= 0.3 is 6.09 Å². The third-order valence-corrected chi connectivity index (χ3v) is 8.99. The van der Waals surface area contributed by atoms with Gasteiger partial charge in [-0.3, -0.25) is 9.69 Å². The van der Waals surface area contributed by atoms with Crippen LogP contribution in [0.15, 0.2) is 51.1 Å². The third-order valence-electron chi connectivity index (χ3n) is 5.63. The van der Waals surface area contributed by atoms with Crippen molar-refractivity contribution in [3.63, 3.8) is 0 Å². The van der Waals surface area contributed by atoms with Crippen LogP contribution in [-0.2, 0) is 31.2 Å². The number of cyclic esters (lactones) is 1. The highest BCUT2D eigenvalue weighted by Crippen LogP contribution is 2.28. The predicted octanol–water partition coefficient (Wildman–Crippen LogP) is 2.94. The van der Waals surface area contributed by atoms with E-state index in [1.807, 2.05) is 36.1 Å². The Morgan fingerprint density at radius 3 is 2.59 bits per heavy atom. The van der Waals surface area contributed by atoms with Crippen LogP contribution in [-0.4, -0.2) is 60.0 Å². The fourth-order valence-electron chi connectivity index (χ4n) is 3.77. The SMILES string of the molecule is CC(=O)NCC1CN(c2ccc(N3CCS(=NS(=O)c4ccc(C)cc4)CC3)c(F)c2)C(=O)O1. The van der Waals surface area contributed by atoms with Crippen LogP contribution in [0.4, 0.5) is 20.6 Å². The van der Waals surface area contributed by atoms with Gasteiger partial charge in [0.15, 0.2) is 11.0 Å². The molecule has 182 valence electrons. The van der Waals surface area contributed by atoms with Crippen LogP contribution in [0.25, 0.3) is 0 Å². The number of nitrogens with zero attached hydrogens (tertiary/aromatic N) is 3. The van der Waals surface area contributed by atoms with E-state index in [0.717, 1.165) is 5.56 Å². The molecular formula is C23H27FN4O4S2. The van der Waals surface area contributed by atoms with Gasteiger partial charge in [-0.25, -0.2) is 13.4 Å². The molecule has 34 heavy (non-hydrogen) atoms. The van der Waals surface area contributed by atoms with Crippen LogP contribution < -0.4 is 15.1 Å². The molecule has 0 radical (unpaired) electrons. The normalized spacial score (nSPS) is 19.6. The van der Waals surface area contributed by atoms with Gasteiger partial charge in [-0.2, -0.15) is 3.77 Å². The Labute approximate surface area is 203 Å². The molecule has 2 aromatic rings. The highest BCUT2D eigenvalue weighted by Gasteiger charge is 2.33. The van der Waals surface area contributed by atoms with E-state index in [0.29, 0.717) is 40.9 Å². The summed E-state index contributed by atoms with van der Waals surface area (Å²) in [5.41, 5.74) is 1.99. The van der Waals surface area contributed by atoms with Crippen LogP contribution in [0.2, 0.25) is 0 Å². The number of ether oxygens (including phenoxy) is 1. The lowest BCUT2D eigenvalue weighted by molar-refractivity contribution is -0.119. The molecule has 2 atom stereocenters. The summed E-state index contributed by atoms with van der Waals surface area (Å²) in [7, 11) is -1.73. The van der Waals surface area contributed by atoms with Crippen molar-refractivity contribution < 1.29 is 22.9 Å². The maximum atomic E-state index is 15.0. The monoisotopic (exact) mass is 506 g/mol. The number of hydrogen-bond acceptors (Lipinski definition) is 5. The molecule has 2 fully saturated rings. The largest absolute Gasteiger partial charge is 0.442 e. The summed E-state index contributed by atoms with van der Waals surface area (Å²) in [4.78, 5) is 27.3. The van der Waals surface area contributed by atoms with Crippen LogP contribution in [0.1, 0.15) is 12.5 Å². The minimum absolute atomic E-state index is 0.205. The number of benzene rings is 2. The molecule has 2 saturated heterocycles. The molecule has 2 amide bonds. The first-order valence-electron chi connectivity index (χ1n) is 10.9. The van der Waals surface area contributed by atoms with Gasteiger partial charge in [-0.1, -0.05) is 28.4 Å². The lowest BCUT2D eigenvalue weighted by Gasteiger charge is -2.30. The Bertz CT molecular complexity index is 1130. The molecule has 2 aliphatic rings. The number of carbonyl (C=O) groups is 2. The summed E-state index contributed by atoms with van der Waals surface area (Å²) in [6, 6.07) is 12.2. The number of nitrogens with one attached hydrogen (secondary N) is 1. The average molecular weight is 507 g/mol. The van der Waals surface area contributed by atoms with Gasteiger partial charge in [0.25, 0.3) is 0 Å². The van der Waals surface area contributed by atoms with Crippen molar-refractivity contribution in [2.75, 3.05) is 47.5 Å². The first-order chi connectivity index (χ1) is 16.3. The van der Waals surface area contributed by atoms with Gasteiger partial charge in [0.05, 0.1) is 29.4 Å². The molecule has 2 unspecified atom stereocenters. The second kappa shape index (κ2) is 10.6. The lowest BCUT2D eigenvalue weighted by atomic mass is 10.2. The van der Waals surface area contributed by atoms with Crippen LogP contribution in [0.3, 0.4) is 0 Å². The molecule has 2 aromatic carbocycles. The van der Waals surface area contributed by atoms with E-state index in [9.17, 15) is 18.2 Å². The number of amides is 2. The summed E-state index contributed by atoms with van der Waals surface area (Å²) in [5, 5.41) is 2.62. The number of halogens is 1. The fourth-order valence-corrected chi connectivity index (χ4v) is 6.91. The predicted molar refractivity (Wildman–Crippen MR) is 132 cm³/mol. The number of hydrogen-bond donors (Lipinski definition) is 1. The second-order valence-corrected chi connectivity index (χ2v) is 11.5. The standard InChI is InChI=1S/C23H27FN4O4S2/c1-16-3-6-20(7-4-16)34(31)26-33-11-9-27(10-12-33)22-8-5-18(13-21(22)24)28-15-19(32-23(28)30)14-25-17(2)29/h3-8,13,19H,9-12,14-15H2,1-2H3,(H,25,29). The van der Waals surface area contributed by atoms with E-state index in [1.165, 1.54) is 17.9 Å². The highest BCUT2D eigenvalue weighted by atomic mass is 32.2. The smallest absolute Gasteiger partial charge is 0.414 e. The Morgan fingerprint density at radius 1 is 1.24 bits per heavy atom. The van der Waals surface area contributed by atoms with Gasteiger partial charge in [-0.05, 0) is 37.3 Å². The molecule has 0 saturated carbocycles. The van der Waals surface area contributed by atoms with Gasteiger partial charge < -0.3 is 15.0 Å². The molecule has 8 nitrogen and oxygen atoms in total. The van der Waals surface area contributed by atoms with Crippen LogP contribution in [0.5, 0.6) is 0 Å². The minimum Gasteiger partial charge on any atom is -0.442 e. The summed E-state index contributed by atoms with van der Waals surface area (Å²) in [6.07, 6.45) is -1.04. The fraction of sp³-hybridized carbons (Fsp3) is 0.391.